The second kappa shape index (κ2) is 5.36. The molecule has 2 N–H and O–H groups in total. The van der Waals surface area contributed by atoms with E-state index in [9.17, 15) is 8.78 Å². The molecule has 0 fully saturated rings. The van der Waals surface area contributed by atoms with Gasteiger partial charge in [-0.3, -0.25) is 0 Å². The second-order valence-corrected chi connectivity index (χ2v) is 4.61. The topological polar surface area (TPSA) is 29.3 Å². The minimum Gasteiger partial charge on any atom is -0.378 e. The van der Waals surface area contributed by atoms with E-state index in [0.29, 0.717) is 0 Å². The molecule has 1 atom stereocenters. The van der Waals surface area contributed by atoms with Crippen molar-refractivity contribution >= 4 is 5.69 Å². The summed E-state index contributed by atoms with van der Waals surface area (Å²) in [6, 6.07) is 10.8. The molecule has 0 amide bonds. The highest BCUT2D eigenvalue weighted by Crippen LogP contribution is 2.25. The molecule has 0 aromatic heterocycles. The van der Waals surface area contributed by atoms with Crippen molar-refractivity contribution in [3.63, 3.8) is 0 Å². The van der Waals surface area contributed by atoms with Crippen LogP contribution in [-0.2, 0) is 0 Å². The fraction of sp³-hybridized carbons (Fsp3) is 0.200. The highest BCUT2D eigenvalue weighted by atomic mass is 19.2. The Morgan fingerprint density at radius 1 is 1.00 bits per heavy atom. The first-order valence-electron chi connectivity index (χ1n) is 5.97. The Morgan fingerprint density at radius 3 is 2.21 bits per heavy atom. The Bertz CT molecular complexity index is 565. The first-order chi connectivity index (χ1) is 9.00. The average molecular weight is 262 g/mol. The van der Waals surface area contributed by atoms with Gasteiger partial charge >= 0.3 is 0 Å². The van der Waals surface area contributed by atoms with Crippen LogP contribution in [0.2, 0.25) is 0 Å². The highest BCUT2D eigenvalue weighted by molar-refractivity contribution is 5.47. The van der Waals surface area contributed by atoms with Gasteiger partial charge in [0.05, 0.1) is 6.04 Å². The van der Waals surface area contributed by atoms with E-state index in [1.807, 2.05) is 43.3 Å². The van der Waals surface area contributed by atoms with E-state index in [-0.39, 0.29) is 5.56 Å². The smallest absolute Gasteiger partial charge is 0.163 e. The number of hydrogen-bond acceptors (Lipinski definition) is 2. The lowest BCUT2D eigenvalue weighted by molar-refractivity contribution is 0.494. The van der Waals surface area contributed by atoms with Crippen molar-refractivity contribution in [2.45, 2.75) is 6.04 Å². The van der Waals surface area contributed by atoms with Gasteiger partial charge in [0.2, 0.25) is 0 Å². The Morgan fingerprint density at radius 2 is 1.63 bits per heavy atom. The molecule has 2 nitrogen and oxygen atoms in total. The molecular weight excluding hydrogens is 246 g/mol. The molecule has 0 aliphatic heterocycles. The largest absolute Gasteiger partial charge is 0.378 e. The Hall–Kier alpha value is -1.94. The van der Waals surface area contributed by atoms with Crippen molar-refractivity contribution in [3.05, 3.63) is 65.2 Å². The summed E-state index contributed by atoms with van der Waals surface area (Å²) in [7, 11) is 3.86. The molecule has 0 radical (unpaired) electrons. The van der Waals surface area contributed by atoms with Gasteiger partial charge in [-0.05, 0) is 23.8 Å². The third-order valence-electron chi connectivity index (χ3n) is 3.09. The Balaban J connectivity index is 2.33. The number of hydrogen-bond donors (Lipinski definition) is 1. The van der Waals surface area contributed by atoms with Gasteiger partial charge in [-0.25, -0.2) is 8.78 Å². The monoisotopic (exact) mass is 262 g/mol. The molecule has 0 aliphatic rings. The molecule has 0 heterocycles. The standard InChI is InChI=1S/C15H16F2N2/c1-19(2)11-8-6-10(7-9-11)15(18)12-4-3-5-13(16)14(12)17/h3-9,15H,18H2,1-2H3. The number of anilines is 1. The summed E-state index contributed by atoms with van der Waals surface area (Å²) < 4.78 is 26.9. The molecule has 4 heteroatoms. The summed E-state index contributed by atoms with van der Waals surface area (Å²) >= 11 is 0. The van der Waals surface area contributed by atoms with E-state index in [1.165, 1.54) is 12.1 Å². The summed E-state index contributed by atoms with van der Waals surface area (Å²) in [5, 5.41) is 0. The number of benzene rings is 2. The number of halogens is 2. The van der Waals surface area contributed by atoms with Crippen molar-refractivity contribution in [3.8, 4) is 0 Å². The van der Waals surface area contributed by atoms with Crippen molar-refractivity contribution < 1.29 is 8.78 Å². The molecule has 0 saturated carbocycles. The predicted molar refractivity (Wildman–Crippen MR) is 73.2 cm³/mol. The summed E-state index contributed by atoms with van der Waals surface area (Å²) in [6.07, 6.45) is 0. The maximum Gasteiger partial charge on any atom is 0.163 e. The zero-order valence-electron chi connectivity index (χ0n) is 10.9. The van der Waals surface area contributed by atoms with Gasteiger partial charge in [0.1, 0.15) is 0 Å². The van der Waals surface area contributed by atoms with Crippen LogP contribution in [0.5, 0.6) is 0 Å². The van der Waals surface area contributed by atoms with E-state index in [1.54, 1.807) is 0 Å². The maximum atomic E-state index is 13.7. The molecule has 2 rings (SSSR count). The van der Waals surface area contributed by atoms with Crippen LogP contribution in [0.1, 0.15) is 17.2 Å². The van der Waals surface area contributed by atoms with Crippen LogP contribution < -0.4 is 10.6 Å². The van der Waals surface area contributed by atoms with Gasteiger partial charge < -0.3 is 10.6 Å². The van der Waals surface area contributed by atoms with Crippen LogP contribution >= 0.6 is 0 Å². The molecule has 2 aromatic carbocycles. The fourth-order valence-corrected chi connectivity index (χ4v) is 1.92. The highest BCUT2D eigenvalue weighted by Gasteiger charge is 2.16. The molecule has 0 aliphatic carbocycles. The fourth-order valence-electron chi connectivity index (χ4n) is 1.92. The van der Waals surface area contributed by atoms with Crippen LogP contribution in [-0.4, -0.2) is 14.1 Å². The number of nitrogens with two attached hydrogens (primary N) is 1. The van der Waals surface area contributed by atoms with Gasteiger partial charge in [0.25, 0.3) is 0 Å². The van der Waals surface area contributed by atoms with Crippen molar-refractivity contribution in [2.24, 2.45) is 5.73 Å². The quantitative estimate of drug-likeness (QED) is 0.921. The summed E-state index contributed by atoms with van der Waals surface area (Å²) in [4.78, 5) is 1.96. The predicted octanol–water partition coefficient (Wildman–Crippen LogP) is 3.08. The van der Waals surface area contributed by atoms with Crippen LogP contribution in [0.15, 0.2) is 42.5 Å². The van der Waals surface area contributed by atoms with Gasteiger partial charge in [-0.2, -0.15) is 0 Å². The molecule has 0 bridgehead atoms. The molecule has 19 heavy (non-hydrogen) atoms. The Kier molecular flexibility index (Phi) is 3.81. The van der Waals surface area contributed by atoms with Crippen LogP contribution in [0, 0.1) is 11.6 Å². The summed E-state index contributed by atoms with van der Waals surface area (Å²) in [5.74, 6) is -1.76. The average Bonchev–Trinajstić information content (AvgIpc) is 2.41. The summed E-state index contributed by atoms with van der Waals surface area (Å²) in [6.45, 7) is 0. The second-order valence-electron chi connectivity index (χ2n) is 4.61. The molecule has 2 aromatic rings. The van der Waals surface area contributed by atoms with E-state index >= 15 is 0 Å². The first kappa shape index (κ1) is 13.5. The van der Waals surface area contributed by atoms with Crippen molar-refractivity contribution in [1.29, 1.82) is 0 Å². The van der Waals surface area contributed by atoms with Crippen LogP contribution in [0.25, 0.3) is 0 Å². The van der Waals surface area contributed by atoms with Crippen LogP contribution in [0.4, 0.5) is 14.5 Å². The van der Waals surface area contributed by atoms with Crippen molar-refractivity contribution in [2.75, 3.05) is 19.0 Å². The minimum atomic E-state index is -0.883. The lowest BCUT2D eigenvalue weighted by Gasteiger charge is -2.16. The molecule has 100 valence electrons. The molecule has 0 saturated heterocycles. The van der Waals surface area contributed by atoms with Gasteiger partial charge in [0, 0.05) is 25.3 Å². The van der Waals surface area contributed by atoms with Gasteiger partial charge in [-0.1, -0.05) is 24.3 Å². The minimum absolute atomic E-state index is 0.164. The van der Waals surface area contributed by atoms with Gasteiger partial charge in [0.15, 0.2) is 11.6 Å². The van der Waals surface area contributed by atoms with E-state index in [4.69, 9.17) is 5.73 Å². The third kappa shape index (κ3) is 2.74. The van der Waals surface area contributed by atoms with Crippen LogP contribution in [0.3, 0.4) is 0 Å². The number of rotatable bonds is 3. The normalized spacial score (nSPS) is 12.3. The first-order valence-corrected chi connectivity index (χ1v) is 5.97. The lowest BCUT2D eigenvalue weighted by atomic mass is 9.98. The zero-order valence-corrected chi connectivity index (χ0v) is 10.9. The van der Waals surface area contributed by atoms with E-state index < -0.39 is 17.7 Å². The lowest BCUT2D eigenvalue weighted by Crippen LogP contribution is -2.15. The zero-order chi connectivity index (χ0) is 14.0. The third-order valence-corrected chi connectivity index (χ3v) is 3.09. The Labute approximate surface area is 111 Å². The van der Waals surface area contributed by atoms with Crippen molar-refractivity contribution in [1.82, 2.24) is 0 Å². The van der Waals surface area contributed by atoms with E-state index in [2.05, 4.69) is 0 Å². The molecule has 0 spiro atoms. The maximum absolute atomic E-state index is 13.7. The van der Waals surface area contributed by atoms with E-state index in [0.717, 1.165) is 17.3 Å². The molecule has 1 unspecified atom stereocenters. The number of nitrogens with zero attached hydrogens (tertiary/aromatic N) is 1. The molecular formula is C15H16F2N2. The summed E-state index contributed by atoms with van der Waals surface area (Å²) in [5.41, 5.74) is 7.93. The SMILES string of the molecule is CN(C)c1ccc(C(N)c2cccc(F)c2F)cc1. The van der Waals surface area contributed by atoms with Gasteiger partial charge in [-0.15, -0.1) is 0 Å².